The van der Waals surface area contributed by atoms with Gasteiger partial charge in [0, 0.05) is 19.1 Å². The first-order chi connectivity index (χ1) is 9.61. The predicted molar refractivity (Wildman–Crippen MR) is 83.6 cm³/mol. The molecule has 0 aromatic heterocycles. The van der Waals surface area contributed by atoms with Gasteiger partial charge in [-0.1, -0.05) is 26.0 Å². The third-order valence-electron chi connectivity index (χ3n) is 4.41. The number of hydrogen-bond acceptors (Lipinski definition) is 2. The molecular formula is C17H27FN2. The summed E-state index contributed by atoms with van der Waals surface area (Å²) in [7, 11) is 0. The average molecular weight is 278 g/mol. The van der Waals surface area contributed by atoms with Crippen molar-refractivity contribution in [2.24, 2.45) is 11.7 Å². The molecule has 2 unspecified atom stereocenters. The summed E-state index contributed by atoms with van der Waals surface area (Å²) in [6, 6.07) is 5.52. The van der Waals surface area contributed by atoms with Gasteiger partial charge >= 0.3 is 0 Å². The lowest BCUT2D eigenvalue weighted by Crippen LogP contribution is -2.28. The molecule has 1 aliphatic rings. The van der Waals surface area contributed by atoms with Crippen molar-refractivity contribution in [2.75, 3.05) is 18.0 Å². The van der Waals surface area contributed by atoms with Crippen LogP contribution in [-0.2, 0) is 6.42 Å². The van der Waals surface area contributed by atoms with Crippen LogP contribution in [0.15, 0.2) is 18.2 Å². The van der Waals surface area contributed by atoms with E-state index in [4.69, 9.17) is 5.73 Å². The van der Waals surface area contributed by atoms with Gasteiger partial charge in [0.15, 0.2) is 0 Å². The number of nitrogens with zero attached hydrogens (tertiary/aromatic N) is 1. The molecular weight excluding hydrogens is 251 g/mol. The van der Waals surface area contributed by atoms with Gasteiger partial charge in [-0.15, -0.1) is 0 Å². The zero-order valence-corrected chi connectivity index (χ0v) is 12.7. The monoisotopic (exact) mass is 278 g/mol. The van der Waals surface area contributed by atoms with Gasteiger partial charge < -0.3 is 10.6 Å². The third-order valence-corrected chi connectivity index (χ3v) is 4.41. The number of anilines is 1. The lowest BCUT2D eigenvalue weighted by molar-refractivity contribution is 0.520. The maximum absolute atomic E-state index is 14.3. The normalized spacial score (nSPS) is 21.6. The first-order valence-electron chi connectivity index (χ1n) is 7.89. The molecule has 1 saturated heterocycles. The van der Waals surface area contributed by atoms with Crippen molar-refractivity contribution in [3.05, 3.63) is 29.6 Å². The Kier molecular flexibility index (Phi) is 5.41. The van der Waals surface area contributed by atoms with E-state index in [1.54, 1.807) is 12.1 Å². The van der Waals surface area contributed by atoms with Crippen molar-refractivity contribution in [3.8, 4) is 0 Å². The minimum absolute atomic E-state index is 0.0969. The fourth-order valence-electron chi connectivity index (χ4n) is 2.99. The van der Waals surface area contributed by atoms with Gasteiger partial charge in [-0.2, -0.15) is 0 Å². The number of benzene rings is 1. The molecule has 0 amide bonds. The Hall–Kier alpha value is -1.09. The van der Waals surface area contributed by atoms with E-state index in [0.29, 0.717) is 0 Å². The Balaban J connectivity index is 2.24. The molecule has 112 valence electrons. The van der Waals surface area contributed by atoms with Crippen LogP contribution in [0.3, 0.4) is 0 Å². The quantitative estimate of drug-likeness (QED) is 0.909. The van der Waals surface area contributed by atoms with Crippen molar-refractivity contribution in [1.29, 1.82) is 0 Å². The molecule has 2 rings (SSSR count). The fourth-order valence-corrected chi connectivity index (χ4v) is 2.99. The van der Waals surface area contributed by atoms with Crippen LogP contribution in [0.4, 0.5) is 10.1 Å². The highest BCUT2D eigenvalue weighted by Gasteiger charge is 2.20. The van der Waals surface area contributed by atoms with E-state index in [9.17, 15) is 4.39 Å². The molecule has 0 bridgehead atoms. The van der Waals surface area contributed by atoms with Crippen molar-refractivity contribution < 1.29 is 4.39 Å². The second-order valence-corrected chi connectivity index (χ2v) is 6.14. The van der Waals surface area contributed by atoms with Gasteiger partial charge in [0.1, 0.15) is 5.82 Å². The summed E-state index contributed by atoms with van der Waals surface area (Å²) in [6.45, 7) is 6.28. The molecule has 1 fully saturated rings. The molecule has 0 radical (unpaired) electrons. The standard InChI is InChI=1S/C17H27FN2/c1-3-15(19)12-14-7-4-8-16(18)17(14)20-10-5-6-13(2)9-11-20/h4,7-8,13,15H,3,5-6,9-12,19H2,1-2H3. The van der Waals surface area contributed by atoms with Crippen molar-refractivity contribution in [1.82, 2.24) is 0 Å². The van der Waals surface area contributed by atoms with E-state index in [1.165, 1.54) is 6.42 Å². The highest BCUT2D eigenvalue weighted by Crippen LogP contribution is 2.29. The molecule has 1 aliphatic heterocycles. The lowest BCUT2D eigenvalue weighted by Gasteiger charge is -2.27. The number of para-hydroxylation sites is 1. The first-order valence-corrected chi connectivity index (χ1v) is 7.89. The molecule has 0 spiro atoms. The summed E-state index contributed by atoms with van der Waals surface area (Å²) in [6.07, 6.45) is 5.22. The first kappa shape index (κ1) is 15.3. The molecule has 0 saturated carbocycles. The van der Waals surface area contributed by atoms with Crippen LogP contribution in [-0.4, -0.2) is 19.1 Å². The fraction of sp³-hybridized carbons (Fsp3) is 0.647. The summed E-state index contributed by atoms with van der Waals surface area (Å²) in [5.41, 5.74) is 7.93. The second-order valence-electron chi connectivity index (χ2n) is 6.14. The number of rotatable bonds is 4. The zero-order valence-electron chi connectivity index (χ0n) is 12.7. The molecule has 1 aromatic rings. The van der Waals surface area contributed by atoms with Gasteiger partial charge in [-0.25, -0.2) is 4.39 Å². The Morgan fingerprint density at radius 2 is 2.15 bits per heavy atom. The van der Waals surface area contributed by atoms with Crippen LogP contribution < -0.4 is 10.6 Å². The van der Waals surface area contributed by atoms with Crippen molar-refractivity contribution in [2.45, 2.75) is 52.0 Å². The highest BCUT2D eigenvalue weighted by molar-refractivity contribution is 5.55. The van der Waals surface area contributed by atoms with Crippen LogP contribution in [0.25, 0.3) is 0 Å². The number of nitrogens with two attached hydrogens (primary N) is 1. The van der Waals surface area contributed by atoms with Crippen LogP contribution in [0.5, 0.6) is 0 Å². The maximum Gasteiger partial charge on any atom is 0.146 e. The van der Waals surface area contributed by atoms with Crippen LogP contribution in [0, 0.1) is 11.7 Å². The molecule has 1 heterocycles. The summed E-state index contributed by atoms with van der Waals surface area (Å²) in [4.78, 5) is 2.23. The molecule has 20 heavy (non-hydrogen) atoms. The van der Waals surface area contributed by atoms with Gasteiger partial charge in [0.2, 0.25) is 0 Å². The molecule has 3 heteroatoms. The molecule has 1 aromatic carbocycles. The average Bonchev–Trinajstić information content (AvgIpc) is 2.64. The zero-order chi connectivity index (χ0) is 14.5. The van der Waals surface area contributed by atoms with Gasteiger partial charge in [-0.3, -0.25) is 0 Å². The van der Waals surface area contributed by atoms with E-state index >= 15 is 0 Å². The number of halogens is 1. The van der Waals surface area contributed by atoms with Gasteiger partial charge in [0.25, 0.3) is 0 Å². The van der Waals surface area contributed by atoms with E-state index in [-0.39, 0.29) is 11.9 Å². The largest absolute Gasteiger partial charge is 0.369 e. The second kappa shape index (κ2) is 7.07. The SMILES string of the molecule is CCC(N)Cc1cccc(F)c1N1CCCC(C)CC1. The Labute approximate surface area is 122 Å². The topological polar surface area (TPSA) is 29.3 Å². The molecule has 2 nitrogen and oxygen atoms in total. The summed E-state index contributed by atoms with van der Waals surface area (Å²) >= 11 is 0. The van der Waals surface area contributed by atoms with E-state index in [1.807, 2.05) is 6.07 Å². The highest BCUT2D eigenvalue weighted by atomic mass is 19.1. The van der Waals surface area contributed by atoms with E-state index < -0.39 is 0 Å². The van der Waals surface area contributed by atoms with Crippen LogP contribution >= 0.6 is 0 Å². The molecule has 2 N–H and O–H groups in total. The number of hydrogen-bond donors (Lipinski definition) is 1. The van der Waals surface area contributed by atoms with E-state index in [2.05, 4.69) is 18.7 Å². The summed E-state index contributed by atoms with van der Waals surface area (Å²) in [5, 5.41) is 0. The van der Waals surface area contributed by atoms with Crippen molar-refractivity contribution >= 4 is 5.69 Å². The molecule has 2 atom stereocenters. The third kappa shape index (κ3) is 3.72. The van der Waals surface area contributed by atoms with E-state index in [0.717, 1.165) is 55.9 Å². The van der Waals surface area contributed by atoms with Gasteiger partial charge in [-0.05, 0) is 49.7 Å². The predicted octanol–water partition coefficient (Wildman–Crippen LogP) is 3.73. The Bertz CT molecular complexity index is 433. The minimum Gasteiger partial charge on any atom is -0.369 e. The minimum atomic E-state index is -0.0969. The Morgan fingerprint density at radius 3 is 2.90 bits per heavy atom. The van der Waals surface area contributed by atoms with Crippen LogP contribution in [0.2, 0.25) is 0 Å². The van der Waals surface area contributed by atoms with Crippen molar-refractivity contribution in [3.63, 3.8) is 0 Å². The van der Waals surface area contributed by atoms with Crippen LogP contribution in [0.1, 0.15) is 45.1 Å². The molecule has 0 aliphatic carbocycles. The lowest BCUT2D eigenvalue weighted by atomic mass is 10.0. The maximum atomic E-state index is 14.3. The Morgan fingerprint density at radius 1 is 1.35 bits per heavy atom. The summed E-state index contributed by atoms with van der Waals surface area (Å²) in [5.74, 6) is 0.647. The summed E-state index contributed by atoms with van der Waals surface area (Å²) < 4.78 is 14.3. The van der Waals surface area contributed by atoms with Gasteiger partial charge in [0.05, 0.1) is 5.69 Å². The smallest absolute Gasteiger partial charge is 0.146 e.